The molecule has 114 valence electrons. The summed E-state index contributed by atoms with van der Waals surface area (Å²) in [7, 11) is 3.39. The average molecular weight is 280 g/mol. The summed E-state index contributed by atoms with van der Waals surface area (Å²) in [5.41, 5.74) is 1.25. The molecular formula is C17H28O3. The molecule has 0 unspecified atom stereocenters. The molecule has 0 saturated carbocycles. The first-order chi connectivity index (χ1) is 9.86. The Morgan fingerprint density at radius 2 is 1.50 bits per heavy atom. The van der Waals surface area contributed by atoms with E-state index in [1.807, 2.05) is 18.2 Å². The third-order valence-electron chi connectivity index (χ3n) is 3.37. The van der Waals surface area contributed by atoms with Crippen LogP contribution in [0.3, 0.4) is 0 Å². The maximum absolute atomic E-state index is 5.66. The highest BCUT2D eigenvalue weighted by Crippen LogP contribution is 2.10. The summed E-state index contributed by atoms with van der Waals surface area (Å²) in [4.78, 5) is 0. The smallest absolute Gasteiger partial charge is 0.156 e. The summed E-state index contributed by atoms with van der Waals surface area (Å²) < 4.78 is 16.0. The second-order valence-electron chi connectivity index (χ2n) is 5.00. The molecule has 0 radical (unpaired) electrons. The van der Waals surface area contributed by atoms with E-state index in [0.29, 0.717) is 0 Å². The Balaban J connectivity index is 1.85. The second kappa shape index (κ2) is 11.9. The Labute approximate surface area is 123 Å². The highest BCUT2D eigenvalue weighted by atomic mass is 16.7. The maximum atomic E-state index is 5.66. The van der Waals surface area contributed by atoms with Crippen molar-refractivity contribution < 1.29 is 14.2 Å². The van der Waals surface area contributed by atoms with Crippen LogP contribution in [0.1, 0.15) is 44.1 Å². The van der Waals surface area contributed by atoms with Crippen LogP contribution < -0.4 is 0 Å². The van der Waals surface area contributed by atoms with Gasteiger partial charge in [-0.25, -0.2) is 0 Å². The topological polar surface area (TPSA) is 27.7 Å². The molecule has 1 rings (SSSR count). The zero-order chi connectivity index (χ0) is 14.5. The van der Waals surface area contributed by atoms with Gasteiger partial charge in [-0.2, -0.15) is 0 Å². The van der Waals surface area contributed by atoms with Crippen molar-refractivity contribution in [2.75, 3.05) is 20.8 Å². The minimum atomic E-state index is -0.0378. The van der Waals surface area contributed by atoms with Crippen LogP contribution in [0.15, 0.2) is 30.3 Å². The second-order valence-corrected chi connectivity index (χ2v) is 5.00. The molecule has 1 aromatic rings. The molecule has 1 aromatic carbocycles. The predicted octanol–water partition coefficient (Wildman–Crippen LogP) is 4.16. The highest BCUT2D eigenvalue weighted by molar-refractivity contribution is 5.13. The first-order valence-corrected chi connectivity index (χ1v) is 7.54. The van der Waals surface area contributed by atoms with Crippen LogP contribution in [0, 0.1) is 0 Å². The summed E-state index contributed by atoms with van der Waals surface area (Å²) in [6.45, 7) is 1.58. The van der Waals surface area contributed by atoms with E-state index < -0.39 is 0 Å². The van der Waals surface area contributed by atoms with Crippen molar-refractivity contribution in [3.8, 4) is 0 Å². The van der Waals surface area contributed by atoms with Crippen LogP contribution in [0.5, 0.6) is 0 Å². The fourth-order valence-electron chi connectivity index (χ4n) is 2.14. The molecule has 0 spiro atoms. The van der Waals surface area contributed by atoms with Crippen LogP contribution in [0.2, 0.25) is 0 Å². The van der Waals surface area contributed by atoms with Crippen LogP contribution in [-0.4, -0.2) is 27.1 Å². The molecular weight excluding hydrogens is 252 g/mol. The summed E-state index contributed by atoms with van der Waals surface area (Å²) in [6, 6.07) is 10.3. The molecule has 0 amide bonds. The van der Waals surface area contributed by atoms with E-state index in [-0.39, 0.29) is 6.29 Å². The average Bonchev–Trinajstić information content (AvgIpc) is 2.50. The fourth-order valence-corrected chi connectivity index (χ4v) is 2.14. The summed E-state index contributed by atoms with van der Waals surface area (Å²) in [6.07, 6.45) is 6.99. The molecule has 0 N–H and O–H groups in total. The van der Waals surface area contributed by atoms with E-state index in [1.165, 1.54) is 24.8 Å². The van der Waals surface area contributed by atoms with Gasteiger partial charge in [0.2, 0.25) is 0 Å². The molecule has 0 aliphatic heterocycles. The third kappa shape index (κ3) is 8.31. The molecule has 0 saturated heterocycles. The third-order valence-corrected chi connectivity index (χ3v) is 3.37. The Morgan fingerprint density at radius 3 is 2.20 bits per heavy atom. The Bertz CT molecular complexity index is 309. The zero-order valence-electron chi connectivity index (χ0n) is 12.8. The number of methoxy groups -OCH3 is 2. The summed E-state index contributed by atoms with van der Waals surface area (Å²) >= 11 is 0. The standard InChI is InChI=1S/C17H28O3/c1-18-17(19-2)13-9-4-3-5-10-14-20-15-16-11-7-6-8-12-16/h6-8,11-12,17H,3-5,9-10,13-15H2,1-2H3. The van der Waals surface area contributed by atoms with Gasteiger partial charge in [0.1, 0.15) is 0 Å². The van der Waals surface area contributed by atoms with Crippen molar-refractivity contribution in [2.24, 2.45) is 0 Å². The van der Waals surface area contributed by atoms with Gasteiger partial charge in [-0.1, -0.05) is 49.6 Å². The number of unbranched alkanes of at least 4 members (excludes halogenated alkanes) is 4. The molecule has 0 fully saturated rings. The number of hydrogen-bond donors (Lipinski definition) is 0. The van der Waals surface area contributed by atoms with Crippen LogP contribution in [0.4, 0.5) is 0 Å². The number of hydrogen-bond acceptors (Lipinski definition) is 3. The minimum absolute atomic E-state index is 0.0378. The van der Waals surface area contributed by atoms with Crippen molar-refractivity contribution in [3.63, 3.8) is 0 Å². The first-order valence-electron chi connectivity index (χ1n) is 7.54. The summed E-state index contributed by atoms with van der Waals surface area (Å²) in [5, 5.41) is 0. The normalized spacial score (nSPS) is 11.2. The van der Waals surface area contributed by atoms with Crippen LogP contribution >= 0.6 is 0 Å². The van der Waals surface area contributed by atoms with Gasteiger partial charge in [-0.3, -0.25) is 0 Å². The molecule has 0 heterocycles. The van der Waals surface area contributed by atoms with E-state index in [2.05, 4.69) is 12.1 Å². The Hall–Kier alpha value is -0.900. The molecule has 0 bridgehead atoms. The van der Waals surface area contributed by atoms with Crippen LogP contribution in [-0.2, 0) is 20.8 Å². The predicted molar refractivity (Wildman–Crippen MR) is 81.6 cm³/mol. The molecule has 20 heavy (non-hydrogen) atoms. The highest BCUT2D eigenvalue weighted by Gasteiger charge is 2.03. The maximum Gasteiger partial charge on any atom is 0.156 e. The lowest BCUT2D eigenvalue weighted by molar-refractivity contribution is -0.107. The van der Waals surface area contributed by atoms with Gasteiger partial charge < -0.3 is 14.2 Å². The van der Waals surface area contributed by atoms with Crippen molar-refractivity contribution in [2.45, 2.75) is 51.4 Å². The molecule has 3 heteroatoms. The molecule has 0 aliphatic carbocycles. The van der Waals surface area contributed by atoms with Gasteiger partial charge in [0, 0.05) is 20.8 Å². The number of ether oxygens (including phenoxy) is 3. The largest absolute Gasteiger partial charge is 0.377 e. The van der Waals surface area contributed by atoms with Gasteiger partial charge in [0.05, 0.1) is 6.61 Å². The van der Waals surface area contributed by atoms with E-state index in [0.717, 1.165) is 32.5 Å². The molecule has 3 nitrogen and oxygen atoms in total. The fraction of sp³-hybridized carbons (Fsp3) is 0.647. The lowest BCUT2D eigenvalue weighted by Gasteiger charge is -2.12. The lowest BCUT2D eigenvalue weighted by Crippen LogP contribution is -2.12. The monoisotopic (exact) mass is 280 g/mol. The Kier molecular flexibility index (Phi) is 10.2. The van der Waals surface area contributed by atoms with E-state index in [1.54, 1.807) is 14.2 Å². The Morgan fingerprint density at radius 1 is 0.850 bits per heavy atom. The van der Waals surface area contributed by atoms with Crippen molar-refractivity contribution in [1.82, 2.24) is 0 Å². The lowest BCUT2D eigenvalue weighted by atomic mass is 10.1. The number of benzene rings is 1. The minimum Gasteiger partial charge on any atom is -0.377 e. The van der Waals surface area contributed by atoms with E-state index in [9.17, 15) is 0 Å². The van der Waals surface area contributed by atoms with Crippen molar-refractivity contribution >= 4 is 0 Å². The first kappa shape index (κ1) is 17.2. The summed E-state index contributed by atoms with van der Waals surface area (Å²) in [5.74, 6) is 0. The number of rotatable bonds is 12. The quantitative estimate of drug-likeness (QED) is 0.425. The van der Waals surface area contributed by atoms with Crippen LogP contribution in [0.25, 0.3) is 0 Å². The van der Waals surface area contributed by atoms with E-state index >= 15 is 0 Å². The van der Waals surface area contributed by atoms with Crippen molar-refractivity contribution in [1.29, 1.82) is 0 Å². The van der Waals surface area contributed by atoms with Gasteiger partial charge in [0.15, 0.2) is 6.29 Å². The van der Waals surface area contributed by atoms with Gasteiger partial charge >= 0.3 is 0 Å². The van der Waals surface area contributed by atoms with Gasteiger partial charge in [-0.05, 0) is 24.8 Å². The molecule has 0 aromatic heterocycles. The molecule has 0 atom stereocenters. The van der Waals surface area contributed by atoms with E-state index in [4.69, 9.17) is 14.2 Å². The van der Waals surface area contributed by atoms with Gasteiger partial charge in [0.25, 0.3) is 0 Å². The van der Waals surface area contributed by atoms with Gasteiger partial charge in [-0.15, -0.1) is 0 Å². The van der Waals surface area contributed by atoms with Crippen molar-refractivity contribution in [3.05, 3.63) is 35.9 Å². The SMILES string of the molecule is COC(CCCCCCCOCc1ccccc1)OC. The zero-order valence-corrected chi connectivity index (χ0v) is 12.8. The molecule has 0 aliphatic rings.